The molecule has 1 N–H and O–H groups in total. The second kappa shape index (κ2) is 6.53. The van der Waals surface area contributed by atoms with Gasteiger partial charge in [-0.15, -0.1) is 11.3 Å². The van der Waals surface area contributed by atoms with Crippen molar-refractivity contribution in [1.29, 1.82) is 0 Å². The Morgan fingerprint density at radius 2 is 2.12 bits per heavy atom. The summed E-state index contributed by atoms with van der Waals surface area (Å²) < 4.78 is 6.03. The summed E-state index contributed by atoms with van der Waals surface area (Å²) in [6.45, 7) is 3.97. The van der Waals surface area contributed by atoms with Gasteiger partial charge in [-0.1, -0.05) is 19.3 Å². The third-order valence-corrected chi connectivity index (χ3v) is 4.54. The van der Waals surface area contributed by atoms with Gasteiger partial charge in [0.15, 0.2) is 0 Å². The van der Waals surface area contributed by atoms with E-state index in [0.717, 1.165) is 13.2 Å². The van der Waals surface area contributed by atoms with Crippen LogP contribution in [0.25, 0.3) is 0 Å². The minimum Gasteiger partial charge on any atom is -0.374 e. The SMILES string of the molecule is CNCc1cc(COC2CCCCC2)c(C)s1. The Morgan fingerprint density at radius 1 is 1.35 bits per heavy atom. The predicted octanol–water partition coefficient (Wildman–Crippen LogP) is 3.63. The van der Waals surface area contributed by atoms with Crippen molar-refractivity contribution in [3.63, 3.8) is 0 Å². The topological polar surface area (TPSA) is 21.3 Å². The van der Waals surface area contributed by atoms with Gasteiger partial charge in [-0.25, -0.2) is 0 Å². The average molecular weight is 253 g/mol. The first-order chi connectivity index (χ1) is 8.29. The van der Waals surface area contributed by atoms with Crippen molar-refractivity contribution in [1.82, 2.24) is 5.32 Å². The molecule has 1 aromatic rings. The van der Waals surface area contributed by atoms with Gasteiger partial charge in [0, 0.05) is 16.3 Å². The molecular formula is C14H23NOS. The van der Waals surface area contributed by atoms with Crippen molar-refractivity contribution in [2.75, 3.05) is 7.05 Å². The molecule has 0 aromatic carbocycles. The summed E-state index contributed by atoms with van der Waals surface area (Å²) >= 11 is 1.88. The number of hydrogen-bond acceptors (Lipinski definition) is 3. The van der Waals surface area contributed by atoms with E-state index in [1.54, 1.807) is 0 Å². The van der Waals surface area contributed by atoms with Gasteiger partial charge in [-0.3, -0.25) is 0 Å². The Bertz CT molecular complexity index is 342. The predicted molar refractivity (Wildman–Crippen MR) is 73.5 cm³/mol. The minimum atomic E-state index is 0.510. The van der Waals surface area contributed by atoms with E-state index in [1.807, 2.05) is 18.4 Å². The lowest BCUT2D eigenvalue weighted by Crippen LogP contribution is -2.16. The molecule has 1 saturated carbocycles. The van der Waals surface area contributed by atoms with Crippen LogP contribution >= 0.6 is 11.3 Å². The Balaban J connectivity index is 1.84. The van der Waals surface area contributed by atoms with Crippen LogP contribution in [0.2, 0.25) is 0 Å². The number of aryl methyl sites for hydroxylation is 1. The molecule has 1 aliphatic rings. The van der Waals surface area contributed by atoms with Crippen LogP contribution in [0.4, 0.5) is 0 Å². The van der Waals surface area contributed by atoms with Crippen LogP contribution in [0, 0.1) is 6.92 Å². The molecule has 3 heteroatoms. The van der Waals surface area contributed by atoms with Gasteiger partial charge in [0.2, 0.25) is 0 Å². The van der Waals surface area contributed by atoms with E-state index in [-0.39, 0.29) is 0 Å². The lowest BCUT2D eigenvalue weighted by molar-refractivity contribution is 0.0168. The summed E-state index contributed by atoms with van der Waals surface area (Å²) in [5, 5.41) is 3.20. The van der Waals surface area contributed by atoms with Crippen LogP contribution in [0.15, 0.2) is 6.07 Å². The minimum absolute atomic E-state index is 0.510. The molecule has 0 unspecified atom stereocenters. The third-order valence-electron chi connectivity index (χ3n) is 3.45. The van der Waals surface area contributed by atoms with Crippen molar-refractivity contribution in [2.45, 2.75) is 58.3 Å². The average Bonchev–Trinajstić information content (AvgIpc) is 2.69. The van der Waals surface area contributed by atoms with Gasteiger partial charge in [0.1, 0.15) is 0 Å². The first kappa shape index (κ1) is 13.1. The molecule has 0 amide bonds. The van der Waals surface area contributed by atoms with Crippen LogP contribution < -0.4 is 5.32 Å². The first-order valence-electron chi connectivity index (χ1n) is 6.64. The standard InChI is InChI=1S/C14H23NOS/c1-11-12(8-14(17-11)9-15-2)10-16-13-6-4-3-5-7-13/h8,13,15H,3-7,9-10H2,1-2H3. The summed E-state index contributed by atoms with van der Waals surface area (Å²) in [7, 11) is 1.99. The van der Waals surface area contributed by atoms with Crippen LogP contribution in [0.3, 0.4) is 0 Å². The Morgan fingerprint density at radius 3 is 2.82 bits per heavy atom. The molecule has 1 aliphatic carbocycles. The molecule has 1 heterocycles. The lowest BCUT2D eigenvalue weighted by atomic mass is 9.98. The molecule has 1 fully saturated rings. The second-order valence-electron chi connectivity index (χ2n) is 4.90. The summed E-state index contributed by atoms with van der Waals surface area (Å²) in [6.07, 6.45) is 7.11. The van der Waals surface area contributed by atoms with Gasteiger partial charge in [-0.05, 0) is 38.4 Å². The lowest BCUT2D eigenvalue weighted by Gasteiger charge is -2.21. The third kappa shape index (κ3) is 3.80. The van der Waals surface area contributed by atoms with Gasteiger partial charge in [0.05, 0.1) is 12.7 Å². The van der Waals surface area contributed by atoms with Crippen LogP contribution in [0.1, 0.15) is 47.4 Å². The molecule has 0 atom stereocenters. The van der Waals surface area contributed by atoms with Crippen molar-refractivity contribution in [3.8, 4) is 0 Å². The molecule has 0 bridgehead atoms. The highest BCUT2D eigenvalue weighted by molar-refractivity contribution is 7.12. The van der Waals surface area contributed by atoms with E-state index < -0.39 is 0 Å². The molecule has 0 aliphatic heterocycles. The zero-order valence-corrected chi connectivity index (χ0v) is 11.7. The van der Waals surface area contributed by atoms with Crippen molar-refractivity contribution in [2.24, 2.45) is 0 Å². The highest BCUT2D eigenvalue weighted by atomic mass is 32.1. The number of rotatable bonds is 5. The normalized spacial score (nSPS) is 17.5. The Labute approximate surface area is 108 Å². The van der Waals surface area contributed by atoms with E-state index in [9.17, 15) is 0 Å². The van der Waals surface area contributed by atoms with Crippen LogP contribution in [-0.2, 0) is 17.9 Å². The molecule has 0 saturated heterocycles. The van der Waals surface area contributed by atoms with Crippen molar-refractivity contribution >= 4 is 11.3 Å². The zero-order chi connectivity index (χ0) is 12.1. The van der Waals surface area contributed by atoms with Gasteiger partial charge >= 0.3 is 0 Å². The quantitative estimate of drug-likeness (QED) is 0.865. The van der Waals surface area contributed by atoms with Gasteiger partial charge in [0.25, 0.3) is 0 Å². The molecule has 1 aromatic heterocycles. The molecule has 2 nitrogen and oxygen atoms in total. The Hall–Kier alpha value is -0.380. The monoisotopic (exact) mass is 253 g/mol. The fourth-order valence-corrected chi connectivity index (χ4v) is 3.49. The summed E-state index contributed by atoms with van der Waals surface area (Å²) in [5.41, 5.74) is 1.38. The number of hydrogen-bond donors (Lipinski definition) is 1. The maximum Gasteiger partial charge on any atom is 0.0731 e. The first-order valence-corrected chi connectivity index (χ1v) is 7.45. The van der Waals surface area contributed by atoms with Gasteiger partial charge in [-0.2, -0.15) is 0 Å². The van der Waals surface area contributed by atoms with Crippen molar-refractivity contribution < 1.29 is 4.74 Å². The summed E-state index contributed by atoms with van der Waals surface area (Å²) in [4.78, 5) is 2.82. The van der Waals surface area contributed by atoms with Crippen LogP contribution in [-0.4, -0.2) is 13.2 Å². The smallest absolute Gasteiger partial charge is 0.0731 e. The van der Waals surface area contributed by atoms with E-state index >= 15 is 0 Å². The fourth-order valence-electron chi connectivity index (χ4n) is 2.43. The van der Waals surface area contributed by atoms with Crippen molar-refractivity contribution in [3.05, 3.63) is 21.4 Å². The molecular weight excluding hydrogens is 230 g/mol. The van der Waals surface area contributed by atoms with E-state index in [4.69, 9.17) is 4.74 Å². The van der Waals surface area contributed by atoms with E-state index in [0.29, 0.717) is 6.10 Å². The molecule has 0 radical (unpaired) electrons. The largest absolute Gasteiger partial charge is 0.374 e. The fraction of sp³-hybridized carbons (Fsp3) is 0.714. The highest BCUT2D eigenvalue weighted by Gasteiger charge is 2.14. The zero-order valence-electron chi connectivity index (χ0n) is 10.9. The molecule has 2 rings (SSSR count). The maximum atomic E-state index is 6.03. The number of ether oxygens (including phenoxy) is 1. The number of thiophene rings is 1. The molecule has 0 spiro atoms. The van der Waals surface area contributed by atoms with Gasteiger partial charge < -0.3 is 10.1 Å². The summed E-state index contributed by atoms with van der Waals surface area (Å²) in [5.74, 6) is 0. The maximum absolute atomic E-state index is 6.03. The van der Waals surface area contributed by atoms with Crippen LogP contribution in [0.5, 0.6) is 0 Å². The molecule has 17 heavy (non-hydrogen) atoms. The van der Waals surface area contributed by atoms with E-state index in [1.165, 1.54) is 47.4 Å². The van der Waals surface area contributed by atoms with E-state index in [2.05, 4.69) is 18.3 Å². The number of nitrogens with one attached hydrogen (secondary N) is 1. The molecule has 96 valence electrons. The Kier molecular flexibility index (Phi) is 5.01. The second-order valence-corrected chi connectivity index (χ2v) is 6.24. The highest BCUT2D eigenvalue weighted by Crippen LogP contribution is 2.25. The summed E-state index contributed by atoms with van der Waals surface area (Å²) in [6, 6.07) is 2.29.